The molecule has 4 heteroatoms. The van der Waals surface area contributed by atoms with E-state index < -0.39 is 0 Å². The largest absolute Gasteiger partial charge is 0.489 e. The minimum absolute atomic E-state index is 0.136. The highest BCUT2D eigenvalue weighted by atomic mass is 16.5. The third-order valence-electron chi connectivity index (χ3n) is 3.52. The summed E-state index contributed by atoms with van der Waals surface area (Å²) in [7, 11) is 1.78. The number of rotatable bonds is 4. The molecule has 2 N–H and O–H groups in total. The minimum Gasteiger partial charge on any atom is -0.489 e. The molecular weight excluding hydrogens is 240 g/mol. The lowest BCUT2D eigenvalue weighted by molar-refractivity contribution is 0.0819. The lowest BCUT2D eigenvalue weighted by atomic mass is 10.1. The molecule has 106 valence electrons. The number of piperidine rings is 1. The lowest BCUT2D eigenvalue weighted by Crippen LogP contribution is -2.37. The highest BCUT2D eigenvalue weighted by Crippen LogP contribution is 2.34. The standard InChI is InChI=1S/C15H24N2O2/c1-11(2)19-14-6-4-5-13(15(14)16)17-9-7-12(18-3)8-10-17/h4-6,11-12H,7-10,16H2,1-3H3. The Bertz CT molecular complexity index is 413. The van der Waals surface area contributed by atoms with Crippen LogP contribution in [0, 0.1) is 0 Å². The zero-order chi connectivity index (χ0) is 13.8. The SMILES string of the molecule is COC1CCN(c2cccc(OC(C)C)c2N)CC1. The fourth-order valence-electron chi connectivity index (χ4n) is 2.50. The Hall–Kier alpha value is -1.42. The van der Waals surface area contributed by atoms with Crippen molar-refractivity contribution in [2.75, 3.05) is 30.8 Å². The Morgan fingerprint density at radius 2 is 1.95 bits per heavy atom. The molecule has 0 bridgehead atoms. The normalized spacial score (nSPS) is 16.9. The van der Waals surface area contributed by atoms with Gasteiger partial charge in [-0.05, 0) is 38.8 Å². The fraction of sp³-hybridized carbons (Fsp3) is 0.600. The number of benzene rings is 1. The van der Waals surface area contributed by atoms with E-state index in [4.69, 9.17) is 15.2 Å². The maximum atomic E-state index is 6.23. The van der Waals surface area contributed by atoms with Crippen LogP contribution >= 0.6 is 0 Å². The zero-order valence-electron chi connectivity index (χ0n) is 12.1. The number of hydrogen-bond donors (Lipinski definition) is 1. The molecule has 1 fully saturated rings. The molecule has 1 heterocycles. The molecule has 0 atom stereocenters. The van der Waals surface area contributed by atoms with Crippen molar-refractivity contribution in [1.29, 1.82) is 0 Å². The topological polar surface area (TPSA) is 47.7 Å². The second kappa shape index (κ2) is 6.15. The van der Waals surface area contributed by atoms with Crippen molar-refractivity contribution in [3.05, 3.63) is 18.2 Å². The van der Waals surface area contributed by atoms with Crippen molar-refractivity contribution in [1.82, 2.24) is 0 Å². The van der Waals surface area contributed by atoms with Crippen LogP contribution in [0.3, 0.4) is 0 Å². The van der Waals surface area contributed by atoms with Gasteiger partial charge in [0.2, 0.25) is 0 Å². The Balaban J connectivity index is 2.12. The summed E-state index contributed by atoms with van der Waals surface area (Å²) in [5, 5.41) is 0. The van der Waals surface area contributed by atoms with E-state index in [0.29, 0.717) is 6.10 Å². The van der Waals surface area contributed by atoms with E-state index in [1.807, 2.05) is 26.0 Å². The van der Waals surface area contributed by atoms with Gasteiger partial charge < -0.3 is 20.1 Å². The number of nitrogens with zero attached hydrogens (tertiary/aromatic N) is 1. The van der Waals surface area contributed by atoms with E-state index in [-0.39, 0.29) is 6.10 Å². The summed E-state index contributed by atoms with van der Waals surface area (Å²) in [4.78, 5) is 2.32. The average molecular weight is 264 g/mol. The molecule has 1 aliphatic heterocycles. The highest BCUT2D eigenvalue weighted by Gasteiger charge is 2.21. The van der Waals surface area contributed by atoms with E-state index in [1.165, 1.54) is 0 Å². The number of ether oxygens (including phenoxy) is 2. The van der Waals surface area contributed by atoms with Gasteiger partial charge in [0.15, 0.2) is 0 Å². The van der Waals surface area contributed by atoms with Gasteiger partial charge in [-0.15, -0.1) is 0 Å². The summed E-state index contributed by atoms with van der Waals surface area (Å²) < 4.78 is 11.1. The number of anilines is 2. The first-order valence-corrected chi connectivity index (χ1v) is 6.94. The first-order chi connectivity index (χ1) is 9.11. The molecule has 1 saturated heterocycles. The number of methoxy groups -OCH3 is 1. The van der Waals surface area contributed by atoms with Gasteiger partial charge in [0.1, 0.15) is 5.75 Å². The van der Waals surface area contributed by atoms with Gasteiger partial charge in [-0.25, -0.2) is 0 Å². The van der Waals surface area contributed by atoms with E-state index in [9.17, 15) is 0 Å². The molecule has 0 spiro atoms. The highest BCUT2D eigenvalue weighted by molar-refractivity contribution is 5.74. The van der Waals surface area contributed by atoms with E-state index in [1.54, 1.807) is 7.11 Å². The molecule has 0 amide bonds. The molecule has 1 aromatic rings. The van der Waals surface area contributed by atoms with Crippen LogP contribution in [0.1, 0.15) is 26.7 Å². The van der Waals surface area contributed by atoms with Crippen LogP contribution in [-0.2, 0) is 4.74 Å². The molecule has 19 heavy (non-hydrogen) atoms. The fourth-order valence-corrected chi connectivity index (χ4v) is 2.50. The lowest BCUT2D eigenvalue weighted by Gasteiger charge is -2.34. The van der Waals surface area contributed by atoms with E-state index >= 15 is 0 Å². The molecule has 2 rings (SSSR count). The van der Waals surface area contributed by atoms with Crippen molar-refractivity contribution in [3.63, 3.8) is 0 Å². The van der Waals surface area contributed by atoms with Gasteiger partial charge >= 0.3 is 0 Å². The molecule has 0 aliphatic carbocycles. The molecule has 0 unspecified atom stereocenters. The Labute approximate surface area is 115 Å². The van der Waals surface area contributed by atoms with Gasteiger partial charge in [0.25, 0.3) is 0 Å². The predicted octanol–water partition coefficient (Wildman–Crippen LogP) is 2.67. The minimum atomic E-state index is 0.136. The molecule has 0 saturated carbocycles. The maximum Gasteiger partial charge on any atom is 0.144 e. The van der Waals surface area contributed by atoms with E-state index in [0.717, 1.165) is 43.1 Å². The number of nitrogen functional groups attached to an aromatic ring is 1. The molecule has 4 nitrogen and oxygen atoms in total. The van der Waals surface area contributed by atoms with Crippen LogP contribution in [0.15, 0.2) is 18.2 Å². The summed E-state index contributed by atoms with van der Waals surface area (Å²) in [5.74, 6) is 0.779. The quantitative estimate of drug-likeness (QED) is 0.849. The second-order valence-corrected chi connectivity index (χ2v) is 5.28. The monoisotopic (exact) mass is 264 g/mol. The zero-order valence-corrected chi connectivity index (χ0v) is 12.1. The van der Waals surface area contributed by atoms with Gasteiger partial charge in [-0.1, -0.05) is 6.07 Å². The van der Waals surface area contributed by atoms with Gasteiger partial charge in [-0.2, -0.15) is 0 Å². The first-order valence-electron chi connectivity index (χ1n) is 6.94. The molecular formula is C15H24N2O2. The van der Waals surface area contributed by atoms with Crippen LogP contribution < -0.4 is 15.4 Å². The smallest absolute Gasteiger partial charge is 0.144 e. The number of para-hydroxylation sites is 1. The summed E-state index contributed by atoms with van der Waals surface area (Å²) in [6, 6.07) is 6.00. The van der Waals surface area contributed by atoms with Crippen LogP contribution in [-0.4, -0.2) is 32.4 Å². The van der Waals surface area contributed by atoms with Crippen LogP contribution in [0.4, 0.5) is 11.4 Å². The van der Waals surface area contributed by atoms with Gasteiger partial charge in [0, 0.05) is 20.2 Å². The van der Waals surface area contributed by atoms with Crippen molar-refractivity contribution < 1.29 is 9.47 Å². The summed E-state index contributed by atoms with van der Waals surface area (Å²) in [6.45, 7) is 5.98. The Morgan fingerprint density at radius 3 is 2.53 bits per heavy atom. The molecule has 0 radical (unpaired) electrons. The van der Waals surface area contributed by atoms with Gasteiger partial charge in [0.05, 0.1) is 23.6 Å². The van der Waals surface area contributed by atoms with Crippen molar-refractivity contribution in [2.45, 2.75) is 38.9 Å². The summed E-state index contributed by atoms with van der Waals surface area (Å²) in [5.41, 5.74) is 8.05. The molecule has 0 aromatic heterocycles. The Morgan fingerprint density at radius 1 is 1.26 bits per heavy atom. The van der Waals surface area contributed by atoms with Crippen LogP contribution in [0.5, 0.6) is 5.75 Å². The van der Waals surface area contributed by atoms with Crippen molar-refractivity contribution in [2.24, 2.45) is 0 Å². The van der Waals surface area contributed by atoms with E-state index in [2.05, 4.69) is 11.0 Å². The van der Waals surface area contributed by atoms with Gasteiger partial charge in [-0.3, -0.25) is 0 Å². The third kappa shape index (κ3) is 3.32. The van der Waals surface area contributed by atoms with Crippen LogP contribution in [0.2, 0.25) is 0 Å². The number of nitrogens with two attached hydrogens (primary N) is 1. The van der Waals surface area contributed by atoms with Crippen LogP contribution in [0.25, 0.3) is 0 Å². The van der Waals surface area contributed by atoms with Crippen molar-refractivity contribution in [3.8, 4) is 5.75 Å². The predicted molar refractivity (Wildman–Crippen MR) is 78.9 cm³/mol. The third-order valence-corrected chi connectivity index (χ3v) is 3.52. The maximum absolute atomic E-state index is 6.23. The first kappa shape index (κ1) is 14.0. The summed E-state index contributed by atoms with van der Waals surface area (Å²) >= 11 is 0. The van der Waals surface area contributed by atoms with Crippen molar-refractivity contribution >= 4 is 11.4 Å². The average Bonchev–Trinajstić information content (AvgIpc) is 2.41. The summed E-state index contributed by atoms with van der Waals surface area (Å²) in [6.07, 6.45) is 2.61. The Kier molecular flexibility index (Phi) is 4.53. The molecule has 1 aromatic carbocycles. The number of hydrogen-bond acceptors (Lipinski definition) is 4. The molecule has 1 aliphatic rings. The second-order valence-electron chi connectivity index (χ2n) is 5.28.